The molecule has 212 valence electrons. The molecule has 0 spiro atoms. The molecule has 0 saturated heterocycles. The lowest BCUT2D eigenvalue weighted by molar-refractivity contribution is 0.569. The average molecular weight is 512 g/mol. The molecule has 0 aromatic carbocycles. The Morgan fingerprint density at radius 2 is 0.946 bits per heavy atom. The summed E-state index contributed by atoms with van der Waals surface area (Å²) in [6, 6.07) is 14.2. The normalized spacial score (nSPS) is 9.81. The fourth-order valence-corrected chi connectivity index (χ4v) is 2.46. The first-order chi connectivity index (χ1) is 16.8. The largest absolute Gasteiger partial charge is 0.265 e. The molecule has 0 fully saturated rings. The molecular formula is C34H61N3. The molecule has 0 saturated carbocycles. The Hall–Kier alpha value is -2.55. The number of hydrogen-bond donors (Lipinski definition) is 0. The summed E-state index contributed by atoms with van der Waals surface area (Å²) in [5.41, 5.74) is 4.44. The van der Waals surface area contributed by atoms with E-state index in [9.17, 15) is 0 Å². The van der Waals surface area contributed by atoms with Gasteiger partial charge in [0.05, 0.1) is 0 Å². The quantitative estimate of drug-likeness (QED) is 0.301. The SMILES string of the molecule is C.CC.CC.CC.CC(C)(C)c1ccccn1.CC(C)(C)c1cccnc1.CC(C)(C)c1ccncc1. The fourth-order valence-electron chi connectivity index (χ4n) is 2.46. The molecule has 0 aliphatic carbocycles. The Morgan fingerprint density at radius 3 is 1.19 bits per heavy atom. The molecule has 3 rings (SSSR count). The van der Waals surface area contributed by atoms with Gasteiger partial charge in [-0.05, 0) is 52.3 Å². The Labute approximate surface area is 232 Å². The molecule has 3 heteroatoms. The van der Waals surface area contributed by atoms with E-state index in [0.717, 1.165) is 5.69 Å². The lowest BCUT2D eigenvalue weighted by Gasteiger charge is -2.17. The molecule has 3 aromatic rings. The molecule has 3 aromatic heterocycles. The zero-order chi connectivity index (χ0) is 28.8. The molecule has 0 amide bonds. The summed E-state index contributed by atoms with van der Waals surface area (Å²) in [5.74, 6) is 0. The van der Waals surface area contributed by atoms with Gasteiger partial charge in [0.25, 0.3) is 0 Å². The van der Waals surface area contributed by atoms with Crippen molar-refractivity contribution in [2.24, 2.45) is 0 Å². The summed E-state index contributed by atoms with van der Waals surface area (Å²) < 4.78 is 0. The third-order valence-electron chi connectivity index (χ3n) is 4.51. The summed E-state index contributed by atoms with van der Waals surface area (Å²) in [5, 5.41) is 0. The van der Waals surface area contributed by atoms with Crippen molar-refractivity contribution in [1.82, 2.24) is 15.0 Å². The van der Waals surface area contributed by atoms with Crippen molar-refractivity contribution < 1.29 is 0 Å². The van der Waals surface area contributed by atoms with Crippen LogP contribution >= 0.6 is 0 Å². The highest BCUT2D eigenvalue weighted by molar-refractivity contribution is 5.19. The molecule has 0 radical (unpaired) electrons. The minimum absolute atomic E-state index is 0. The van der Waals surface area contributed by atoms with Crippen LogP contribution in [-0.4, -0.2) is 15.0 Å². The smallest absolute Gasteiger partial charge is 0.0457 e. The first kappa shape index (κ1) is 41.6. The van der Waals surface area contributed by atoms with Crippen molar-refractivity contribution in [2.75, 3.05) is 0 Å². The highest BCUT2D eigenvalue weighted by Gasteiger charge is 2.14. The van der Waals surface area contributed by atoms with E-state index in [1.54, 1.807) is 6.20 Å². The van der Waals surface area contributed by atoms with Gasteiger partial charge in [0.15, 0.2) is 0 Å². The molecule has 0 atom stereocenters. The Morgan fingerprint density at radius 1 is 0.459 bits per heavy atom. The predicted molar refractivity (Wildman–Crippen MR) is 170 cm³/mol. The highest BCUT2D eigenvalue weighted by Crippen LogP contribution is 2.21. The number of rotatable bonds is 0. The topological polar surface area (TPSA) is 38.7 Å². The summed E-state index contributed by atoms with van der Waals surface area (Å²) in [7, 11) is 0. The molecule has 0 aliphatic rings. The molecule has 37 heavy (non-hydrogen) atoms. The maximum Gasteiger partial charge on any atom is 0.0457 e. The van der Waals surface area contributed by atoms with Crippen LogP contribution in [0.2, 0.25) is 0 Å². The van der Waals surface area contributed by atoms with E-state index in [2.05, 4.69) is 102 Å². The van der Waals surface area contributed by atoms with Crippen LogP contribution in [-0.2, 0) is 16.2 Å². The standard InChI is InChI=1S/3C9H13N.3C2H6.CH4/c1-9(2,3)8-4-6-10-7-5-8;1-9(2,3)8-5-4-6-10-7-8;1-9(2,3)8-6-4-5-7-10-8;3*1-2;/h3*4-7H,1-3H3;3*1-2H3;1H4. The minimum Gasteiger partial charge on any atom is -0.265 e. The number of nitrogens with zero attached hydrogens (tertiary/aromatic N) is 3. The Kier molecular flexibility index (Phi) is 25.4. The molecule has 3 nitrogen and oxygen atoms in total. The number of hydrogen-bond acceptors (Lipinski definition) is 3. The van der Waals surface area contributed by atoms with Gasteiger partial charge >= 0.3 is 0 Å². The van der Waals surface area contributed by atoms with E-state index in [1.165, 1.54) is 11.1 Å². The predicted octanol–water partition coefficient (Wildman–Crippen LogP) is 10.9. The van der Waals surface area contributed by atoms with Crippen molar-refractivity contribution in [3.05, 3.63) is 90.3 Å². The van der Waals surface area contributed by atoms with Gasteiger partial charge in [-0.3, -0.25) is 15.0 Å². The fraction of sp³-hybridized carbons (Fsp3) is 0.559. The van der Waals surface area contributed by atoms with Crippen LogP contribution in [0, 0.1) is 0 Å². The minimum atomic E-state index is 0. The van der Waals surface area contributed by atoms with Gasteiger partial charge in [0.2, 0.25) is 0 Å². The van der Waals surface area contributed by atoms with E-state index < -0.39 is 0 Å². The van der Waals surface area contributed by atoms with E-state index in [4.69, 9.17) is 0 Å². The monoisotopic (exact) mass is 511 g/mol. The molecule has 0 aliphatic heterocycles. The first-order valence-corrected chi connectivity index (χ1v) is 13.5. The van der Waals surface area contributed by atoms with Crippen LogP contribution in [0.1, 0.15) is 128 Å². The van der Waals surface area contributed by atoms with E-state index in [1.807, 2.05) is 84.5 Å². The van der Waals surface area contributed by atoms with Crippen LogP contribution in [0.3, 0.4) is 0 Å². The summed E-state index contributed by atoms with van der Waals surface area (Å²) in [6.07, 6.45) is 9.22. The molecule has 0 unspecified atom stereocenters. The number of aromatic nitrogens is 3. The molecule has 0 N–H and O–H groups in total. The van der Waals surface area contributed by atoms with Crippen LogP contribution in [0.4, 0.5) is 0 Å². The summed E-state index contributed by atoms with van der Waals surface area (Å²) in [6.45, 7) is 31.6. The van der Waals surface area contributed by atoms with Gasteiger partial charge in [-0.25, -0.2) is 0 Å². The second-order valence-corrected chi connectivity index (χ2v) is 10.4. The van der Waals surface area contributed by atoms with Gasteiger partial charge < -0.3 is 0 Å². The van der Waals surface area contributed by atoms with Crippen LogP contribution in [0.15, 0.2) is 73.4 Å². The maximum atomic E-state index is 4.25. The molecule has 0 bridgehead atoms. The first-order valence-electron chi connectivity index (χ1n) is 13.5. The van der Waals surface area contributed by atoms with Crippen molar-refractivity contribution in [3.8, 4) is 0 Å². The third kappa shape index (κ3) is 21.3. The summed E-state index contributed by atoms with van der Waals surface area (Å²) >= 11 is 0. The van der Waals surface area contributed by atoms with Gasteiger partial charge in [-0.1, -0.05) is 123 Å². The van der Waals surface area contributed by atoms with Gasteiger partial charge in [0.1, 0.15) is 0 Å². The molecule has 3 heterocycles. The Bertz CT molecular complexity index is 706. The van der Waals surface area contributed by atoms with Crippen LogP contribution in [0.25, 0.3) is 0 Å². The molecular weight excluding hydrogens is 450 g/mol. The van der Waals surface area contributed by atoms with Crippen molar-refractivity contribution in [2.45, 2.75) is 128 Å². The highest BCUT2D eigenvalue weighted by atomic mass is 14.7. The van der Waals surface area contributed by atoms with Crippen molar-refractivity contribution >= 4 is 0 Å². The van der Waals surface area contributed by atoms with Crippen LogP contribution < -0.4 is 0 Å². The van der Waals surface area contributed by atoms with E-state index in [0.29, 0.717) is 0 Å². The number of pyridine rings is 3. The van der Waals surface area contributed by atoms with Gasteiger partial charge in [-0.15, -0.1) is 0 Å². The van der Waals surface area contributed by atoms with Gasteiger partial charge in [0, 0.05) is 42.1 Å². The third-order valence-corrected chi connectivity index (χ3v) is 4.51. The second kappa shape index (κ2) is 22.6. The lowest BCUT2D eigenvalue weighted by atomic mass is 9.88. The summed E-state index contributed by atoms with van der Waals surface area (Å²) in [4.78, 5) is 12.3. The van der Waals surface area contributed by atoms with Crippen LogP contribution in [0.5, 0.6) is 0 Å². The van der Waals surface area contributed by atoms with Crippen molar-refractivity contribution in [3.63, 3.8) is 0 Å². The van der Waals surface area contributed by atoms with Crippen molar-refractivity contribution in [1.29, 1.82) is 0 Å². The Balaban J connectivity index is -0.000000197. The second-order valence-electron chi connectivity index (χ2n) is 10.4. The zero-order valence-electron chi connectivity index (χ0n) is 26.3. The van der Waals surface area contributed by atoms with E-state index in [-0.39, 0.29) is 23.7 Å². The maximum absolute atomic E-state index is 4.25. The van der Waals surface area contributed by atoms with E-state index >= 15 is 0 Å². The van der Waals surface area contributed by atoms with Gasteiger partial charge in [-0.2, -0.15) is 0 Å². The average Bonchev–Trinajstić information content (AvgIpc) is 2.89. The lowest BCUT2D eigenvalue weighted by Crippen LogP contribution is -2.12. The zero-order valence-corrected chi connectivity index (χ0v) is 26.3.